The molecule has 1 amide bonds. The van der Waals surface area contributed by atoms with Crippen LogP contribution >= 0.6 is 11.6 Å². The number of hydrogen-bond acceptors (Lipinski definition) is 3. The van der Waals surface area contributed by atoms with Gasteiger partial charge in [-0.2, -0.15) is 0 Å². The molecule has 5 heteroatoms. The topological polar surface area (TPSA) is 44.4 Å². The van der Waals surface area contributed by atoms with Gasteiger partial charge in [-0.3, -0.25) is 4.79 Å². The normalized spacial score (nSPS) is 13.8. The molecule has 2 N–H and O–H groups in total. The number of aryl methyl sites for hydroxylation is 1. The molecule has 0 bridgehead atoms. The van der Waals surface area contributed by atoms with Gasteiger partial charge in [0.1, 0.15) is 0 Å². The van der Waals surface area contributed by atoms with Crippen LogP contribution in [0.4, 0.5) is 17.1 Å². The Morgan fingerprint density at radius 2 is 1.96 bits per heavy atom. The first kappa shape index (κ1) is 16.7. The first-order valence-electron chi connectivity index (χ1n) is 8.27. The quantitative estimate of drug-likeness (QED) is 0.850. The molecule has 24 heavy (non-hydrogen) atoms. The van der Waals surface area contributed by atoms with Crippen LogP contribution in [0.15, 0.2) is 42.5 Å². The first-order chi connectivity index (χ1) is 11.6. The van der Waals surface area contributed by atoms with Crippen molar-refractivity contribution in [3.8, 4) is 0 Å². The Kier molecular flexibility index (Phi) is 5.26. The van der Waals surface area contributed by atoms with E-state index in [1.54, 1.807) is 0 Å². The van der Waals surface area contributed by atoms with Gasteiger partial charge >= 0.3 is 0 Å². The van der Waals surface area contributed by atoms with Crippen LogP contribution in [0.2, 0.25) is 5.02 Å². The summed E-state index contributed by atoms with van der Waals surface area (Å²) in [5, 5.41) is 6.80. The fourth-order valence-electron chi connectivity index (χ4n) is 2.99. The summed E-state index contributed by atoms with van der Waals surface area (Å²) in [6.07, 6.45) is 2.41. The van der Waals surface area contributed by atoms with Crippen molar-refractivity contribution in [2.75, 3.05) is 35.2 Å². The number of anilines is 3. The number of carbonyl (C=O) groups is 1. The zero-order valence-electron chi connectivity index (χ0n) is 13.8. The summed E-state index contributed by atoms with van der Waals surface area (Å²) in [6.45, 7) is 4.30. The van der Waals surface area contributed by atoms with Gasteiger partial charge in [-0.15, -0.1) is 0 Å². The fourth-order valence-corrected chi connectivity index (χ4v) is 3.16. The molecular formula is C19H22ClN3O. The maximum absolute atomic E-state index is 12.2. The van der Waals surface area contributed by atoms with Gasteiger partial charge < -0.3 is 15.5 Å². The van der Waals surface area contributed by atoms with Gasteiger partial charge in [-0.05, 0) is 55.7 Å². The van der Waals surface area contributed by atoms with E-state index in [0.717, 1.165) is 35.7 Å². The Labute approximate surface area is 147 Å². The second kappa shape index (κ2) is 7.58. The number of hydrogen-bond donors (Lipinski definition) is 2. The van der Waals surface area contributed by atoms with Crippen LogP contribution in [0.3, 0.4) is 0 Å². The van der Waals surface area contributed by atoms with Gasteiger partial charge in [0.05, 0.1) is 17.9 Å². The lowest BCUT2D eigenvalue weighted by atomic mass is 10.2. The zero-order chi connectivity index (χ0) is 16.9. The Morgan fingerprint density at radius 3 is 2.71 bits per heavy atom. The van der Waals surface area contributed by atoms with Crippen molar-refractivity contribution in [3.63, 3.8) is 0 Å². The molecule has 2 aromatic rings. The molecule has 0 saturated carbocycles. The number of amides is 1. The molecule has 0 radical (unpaired) electrons. The molecule has 0 aromatic heterocycles. The molecule has 3 rings (SSSR count). The highest BCUT2D eigenvalue weighted by Crippen LogP contribution is 2.31. The molecular weight excluding hydrogens is 322 g/mol. The van der Waals surface area contributed by atoms with Gasteiger partial charge in [-0.1, -0.05) is 23.7 Å². The molecule has 2 aromatic carbocycles. The third kappa shape index (κ3) is 4.20. The van der Waals surface area contributed by atoms with Crippen LogP contribution in [0.5, 0.6) is 0 Å². The molecule has 4 nitrogen and oxygen atoms in total. The summed E-state index contributed by atoms with van der Waals surface area (Å²) in [4.78, 5) is 14.5. The van der Waals surface area contributed by atoms with Crippen molar-refractivity contribution < 1.29 is 4.79 Å². The van der Waals surface area contributed by atoms with E-state index < -0.39 is 0 Å². The Balaban J connectivity index is 1.65. The predicted molar refractivity (Wildman–Crippen MR) is 101 cm³/mol. The van der Waals surface area contributed by atoms with Gasteiger partial charge in [0.25, 0.3) is 0 Å². The van der Waals surface area contributed by atoms with Crippen molar-refractivity contribution in [2.45, 2.75) is 19.8 Å². The lowest BCUT2D eigenvalue weighted by Crippen LogP contribution is -2.24. The van der Waals surface area contributed by atoms with Crippen molar-refractivity contribution in [1.82, 2.24) is 0 Å². The van der Waals surface area contributed by atoms with Crippen molar-refractivity contribution in [2.24, 2.45) is 0 Å². The SMILES string of the molecule is Cc1cccc(NC(=O)CNc2cc(Cl)ccc2N2CCCC2)c1. The number of benzene rings is 2. The van der Waals surface area contributed by atoms with Crippen molar-refractivity contribution >= 4 is 34.6 Å². The molecule has 1 aliphatic heterocycles. The van der Waals surface area contributed by atoms with Crippen LogP contribution in [-0.4, -0.2) is 25.5 Å². The molecule has 126 valence electrons. The number of carbonyl (C=O) groups excluding carboxylic acids is 1. The number of rotatable bonds is 5. The van der Waals surface area contributed by atoms with E-state index >= 15 is 0 Å². The molecule has 1 aliphatic rings. The van der Waals surface area contributed by atoms with E-state index in [0.29, 0.717) is 5.02 Å². The van der Waals surface area contributed by atoms with E-state index in [1.165, 1.54) is 12.8 Å². The van der Waals surface area contributed by atoms with Crippen LogP contribution in [-0.2, 0) is 4.79 Å². The second-order valence-electron chi connectivity index (χ2n) is 6.13. The summed E-state index contributed by atoms with van der Waals surface area (Å²) in [5.41, 5.74) is 3.95. The number of nitrogens with one attached hydrogen (secondary N) is 2. The first-order valence-corrected chi connectivity index (χ1v) is 8.64. The second-order valence-corrected chi connectivity index (χ2v) is 6.56. The molecule has 1 heterocycles. The highest BCUT2D eigenvalue weighted by atomic mass is 35.5. The summed E-state index contributed by atoms with van der Waals surface area (Å²) in [5.74, 6) is -0.0760. The van der Waals surface area contributed by atoms with E-state index in [2.05, 4.69) is 15.5 Å². The van der Waals surface area contributed by atoms with Crippen LogP contribution in [0.25, 0.3) is 0 Å². The van der Waals surface area contributed by atoms with Gasteiger partial charge in [0.2, 0.25) is 5.91 Å². The lowest BCUT2D eigenvalue weighted by molar-refractivity contribution is -0.114. The number of halogens is 1. The monoisotopic (exact) mass is 343 g/mol. The third-order valence-corrected chi connectivity index (χ3v) is 4.38. The summed E-state index contributed by atoms with van der Waals surface area (Å²) in [7, 11) is 0. The smallest absolute Gasteiger partial charge is 0.243 e. The van der Waals surface area contributed by atoms with E-state index in [-0.39, 0.29) is 12.5 Å². The number of nitrogens with zero attached hydrogens (tertiary/aromatic N) is 1. The molecule has 0 atom stereocenters. The largest absolute Gasteiger partial charge is 0.374 e. The van der Waals surface area contributed by atoms with Crippen LogP contribution < -0.4 is 15.5 Å². The summed E-state index contributed by atoms with van der Waals surface area (Å²) in [6, 6.07) is 13.6. The van der Waals surface area contributed by atoms with E-state index in [4.69, 9.17) is 11.6 Å². The van der Waals surface area contributed by atoms with Crippen molar-refractivity contribution in [3.05, 3.63) is 53.1 Å². The third-order valence-electron chi connectivity index (χ3n) is 4.15. The van der Waals surface area contributed by atoms with Crippen LogP contribution in [0.1, 0.15) is 18.4 Å². The van der Waals surface area contributed by atoms with E-state index in [9.17, 15) is 4.79 Å². The average molecular weight is 344 g/mol. The van der Waals surface area contributed by atoms with Gasteiger partial charge in [0.15, 0.2) is 0 Å². The maximum atomic E-state index is 12.2. The maximum Gasteiger partial charge on any atom is 0.243 e. The molecule has 1 saturated heterocycles. The van der Waals surface area contributed by atoms with Crippen LogP contribution in [0, 0.1) is 6.92 Å². The Morgan fingerprint density at radius 1 is 1.17 bits per heavy atom. The summed E-state index contributed by atoms with van der Waals surface area (Å²) >= 11 is 6.13. The molecule has 1 fully saturated rings. The zero-order valence-corrected chi connectivity index (χ0v) is 14.6. The minimum Gasteiger partial charge on any atom is -0.374 e. The standard InChI is InChI=1S/C19H22ClN3O/c1-14-5-4-6-16(11-14)22-19(24)13-21-17-12-15(20)7-8-18(17)23-9-2-3-10-23/h4-8,11-12,21H,2-3,9-10,13H2,1H3,(H,22,24). The minimum atomic E-state index is -0.0760. The van der Waals surface area contributed by atoms with Gasteiger partial charge in [0, 0.05) is 23.8 Å². The van der Waals surface area contributed by atoms with E-state index in [1.807, 2.05) is 49.4 Å². The molecule has 0 aliphatic carbocycles. The van der Waals surface area contributed by atoms with Crippen molar-refractivity contribution in [1.29, 1.82) is 0 Å². The predicted octanol–water partition coefficient (Wildman–Crippen LogP) is 4.30. The Bertz CT molecular complexity index is 726. The lowest BCUT2D eigenvalue weighted by Gasteiger charge is -2.22. The minimum absolute atomic E-state index is 0.0760. The fraction of sp³-hybridized carbons (Fsp3) is 0.316. The molecule has 0 unspecified atom stereocenters. The average Bonchev–Trinajstić information content (AvgIpc) is 3.07. The highest BCUT2D eigenvalue weighted by Gasteiger charge is 2.16. The summed E-state index contributed by atoms with van der Waals surface area (Å²) < 4.78 is 0. The van der Waals surface area contributed by atoms with Gasteiger partial charge in [-0.25, -0.2) is 0 Å². The highest BCUT2D eigenvalue weighted by molar-refractivity contribution is 6.31. The molecule has 0 spiro atoms. The Hall–Kier alpha value is -2.20.